The molecule has 4 aromatic heterocycles. The summed E-state index contributed by atoms with van der Waals surface area (Å²) in [4.78, 5) is 39.9. The summed E-state index contributed by atoms with van der Waals surface area (Å²) < 4.78 is 1.50. The summed E-state index contributed by atoms with van der Waals surface area (Å²) in [6.45, 7) is 3.15. The number of nitrogens with two attached hydrogens (primary N) is 1. The molecule has 1 amide bonds. The highest BCUT2D eigenvalue weighted by molar-refractivity contribution is 6.00. The molecule has 0 saturated carbocycles. The fourth-order valence-corrected chi connectivity index (χ4v) is 5.87. The third-order valence-corrected chi connectivity index (χ3v) is 7.56. The largest absolute Gasteiger partial charge is 0.387 e. The molecular formula is C25H27N9O3. The van der Waals surface area contributed by atoms with Crippen LogP contribution in [0.1, 0.15) is 83.9 Å². The molecule has 2 saturated heterocycles. The Kier molecular flexibility index (Phi) is 5.48. The predicted octanol–water partition coefficient (Wildman–Crippen LogP) is 2.30. The molecule has 6 heterocycles. The second-order valence-electron chi connectivity index (χ2n) is 9.86. The summed E-state index contributed by atoms with van der Waals surface area (Å²) in [5.41, 5.74) is 10.2. The van der Waals surface area contributed by atoms with E-state index in [9.17, 15) is 14.7 Å². The van der Waals surface area contributed by atoms with Crippen LogP contribution in [0.3, 0.4) is 0 Å². The summed E-state index contributed by atoms with van der Waals surface area (Å²) in [5.74, 6) is 0.127. The topological polar surface area (TPSA) is 168 Å². The molecule has 0 unspecified atom stereocenters. The highest BCUT2D eigenvalue weighted by atomic mass is 16.3. The van der Waals surface area contributed by atoms with Crippen LogP contribution in [0.4, 0.5) is 5.82 Å². The van der Waals surface area contributed by atoms with Crippen molar-refractivity contribution in [3.05, 3.63) is 53.6 Å². The highest BCUT2D eigenvalue weighted by Gasteiger charge is 2.45. The highest BCUT2D eigenvalue weighted by Crippen LogP contribution is 2.45. The van der Waals surface area contributed by atoms with E-state index in [1.54, 1.807) is 25.4 Å². The van der Waals surface area contributed by atoms with E-state index in [0.717, 1.165) is 24.0 Å². The van der Waals surface area contributed by atoms with E-state index >= 15 is 0 Å². The van der Waals surface area contributed by atoms with Crippen molar-refractivity contribution in [1.82, 2.24) is 39.7 Å². The molecule has 37 heavy (non-hydrogen) atoms. The maximum atomic E-state index is 13.1. The molecule has 12 nitrogen and oxygen atoms in total. The molecule has 0 radical (unpaired) electrons. The lowest BCUT2D eigenvalue weighted by Gasteiger charge is -2.38. The van der Waals surface area contributed by atoms with Gasteiger partial charge in [-0.1, -0.05) is 6.07 Å². The number of fused-ring (bicyclic) bond motifs is 3. The SMILES string of the molecule is CC(=O)c1c([C@H]2C[C@H]3CC[C@@H](C2)N3C(=O)c2nnc[nH]2)nc2c(-c3ccc([C@H](C)O)nc3)cnn2c1N. The first kappa shape index (κ1) is 23.2. The number of H-pyrrole nitrogens is 1. The number of carbonyl (C=O) groups excluding carboxylic acids is 2. The number of nitrogens with one attached hydrogen (secondary N) is 1. The number of amides is 1. The molecule has 4 aromatic rings. The first-order valence-corrected chi connectivity index (χ1v) is 12.3. The average molecular weight is 502 g/mol. The minimum absolute atomic E-state index is 0.0157. The molecule has 0 aromatic carbocycles. The maximum Gasteiger partial charge on any atom is 0.292 e. The van der Waals surface area contributed by atoms with Crippen LogP contribution in [0, 0.1) is 0 Å². The number of nitrogens with zero attached hydrogens (tertiary/aromatic N) is 7. The first-order valence-electron chi connectivity index (χ1n) is 12.3. The number of aliphatic hydroxyl groups is 1. The van der Waals surface area contributed by atoms with Crippen molar-refractivity contribution < 1.29 is 14.7 Å². The lowest BCUT2D eigenvalue weighted by Crippen LogP contribution is -2.46. The van der Waals surface area contributed by atoms with Crippen molar-refractivity contribution >= 4 is 23.2 Å². The van der Waals surface area contributed by atoms with Gasteiger partial charge in [-0.05, 0) is 45.6 Å². The molecule has 2 aliphatic rings. The summed E-state index contributed by atoms with van der Waals surface area (Å²) >= 11 is 0. The number of aromatic nitrogens is 7. The minimum atomic E-state index is -0.673. The molecule has 4 N–H and O–H groups in total. The van der Waals surface area contributed by atoms with E-state index in [2.05, 4.69) is 25.3 Å². The summed E-state index contributed by atoms with van der Waals surface area (Å²) in [7, 11) is 0. The third kappa shape index (κ3) is 3.75. The number of pyridine rings is 1. The second-order valence-corrected chi connectivity index (χ2v) is 9.86. The van der Waals surface area contributed by atoms with Crippen LogP contribution >= 0.6 is 0 Å². The minimum Gasteiger partial charge on any atom is -0.387 e. The van der Waals surface area contributed by atoms with Gasteiger partial charge in [-0.2, -0.15) is 9.61 Å². The van der Waals surface area contributed by atoms with Crippen molar-refractivity contribution in [3.8, 4) is 11.1 Å². The number of anilines is 1. The van der Waals surface area contributed by atoms with Gasteiger partial charge in [-0.25, -0.2) is 4.98 Å². The number of aliphatic hydroxyl groups excluding tert-OH is 1. The van der Waals surface area contributed by atoms with Crippen molar-refractivity contribution in [1.29, 1.82) is 0 Å². The fourth-order valence-electron chi connectivity index (χ4n) is 5.87. The van der Waals surface area contributed by atoms with Gasteiger partial charge in [0.05, 0.1) is 29.3 Å². The van der Waals surface area contributed by atoms with Crippen LogP contribution < -0.4 is 5.73 Å². The molecule has 4 atom stereocenters. The Bertz CT molecular complexity index is 1480. The Hall–Kier alpha value is -4.19. The van der Waals surface area contributed by atoms with Gasteiger partial charge in [0, 0.05) is 35.3 Å². The Labute approximate surface area is 211 Å². The number of Topliss-reactive ketones (excluding diaryl/α,β-unsaturated/α-hetero) is 1. The smallest absolute Gasteiger partial charge is 0.292 e. The van der Waals surface area contributed by atoms with Crippen molar-refractivity contribution in [2.75, 3.05) is 5.73 Å². The molecule has 190 valence electrons. The van der Waals surface area contributed by atoms with Crippen molar-refractivity contribution in [2.45, 2.75) is 63.6 Å². The van der Waals surface area contributed by atoms with Gasteiger partial charge >= 0.3 is 0 Å². The number of aromatic amines is 1. The van der Waals surface area contributed by atoms with E-state index < -0.39 is 6.10 Å². The van der Waals surface area contributed by atoms with Gasteiger partial charge in [0.1, 0.15) is 12.1 Å². The lowest BCUT2D eigenvalue weighted by molar-refractivity contribution is 0.0556. The quantitative estimate of drug-likeness (QED) is 0.347. The monoisotopic (exact) mass is 501 g/mol. The number of rotatable bonds is 5. The fraction of sp³-hybridized carbons (Fsp3) is 0.400. The van der Waals surface area contributed by atoms with Crippen molar-refractivity contribution in [2.24, 2.45) is 0 Å². The van der Waals surface area contributed by atoms with E-state index in [0.29, 0.717) is 35.4 Å². The van der Waals surface area contributed by atoms with E-state index in [1.807, 2.05) is 11.0 Å². The number of carbonyl (C=O) groups is 2. The number of ketones is 1. The summed E-state index contributed by atoms with van der Waals surface area (Å²) in [5, 5.41) is 21.9. The Morgan fingerprint density at radius 1 is 1.19 bits per heavy atom. The van der Waals surface area contributed by atoms with Crippen LogP contribution in [-0.2, 0) is 0 Å². The van der Waals surface area contributed by atoms with Crippen LogP contribution in [0.5, 0.6) is 0 Å². The molecule has 0 aliphatic carbocycles. The summed E-state index contributed by atoms with van der Waals surface area (Å²) in [6.07, 6.45) is 7.17. The number of piperidine rings is 1. The van der Waals surface area contributed by atoms with Crippen molar-refractivity contribution in [3.63, 3.8) is 0 Å². The van der Waals surface area contributed by atoms with Gasteiger partial charge in [-0.15, -0.1) is 10.2 Å². The van der Waals surface area contributed by atoms with Gasteiger partial charge in [0.2, 0.25) is 5.82 Å². The van der Waals surface area contributed by atoms with Crippen LogP contribution in [0.2, 0.25) is 0 Å². The van der Waals surface area contributed by atoms with Gasteiger partial charge in [-0.3, -0.25) is 14.6 Å². The molecule has 12 heteroatoms. The molecule has 0 spiro atoms. The number of hydrogen-bond acceptors (Lipinski definition) is 9. The van der Waals surface area contributed by atoms with Gasteiger partial charge < -0.3 is 20.7 Å². The normalized spacial score (nSPS) is 21.9. The first-order chi connectivity index (χ1) is 17.8. The second kappa shape index (κ2) is 8.73. The third-order valence-electron chi connectivity index (χ3n) is 7.56. The molecular weight excluding hydrogens is 474 g/mol. The summed E-state index contributed by atoms with van der Waals surface area (Å²) in [6, 6.07) is 3.65. The zero-order valence-corrected chi connectivity index (χ0v) is 20.5. The molecule has 2 aliphatic heterocycles. The maximum absolute atomic E-state index is 13.1. The average Bonchev–Trinajstić information content (AvgIpc) is 3.62. The zero-order valence-electron chi connectivity index (χ0n) is 20.5. The lowest BCUT2D eigenvalue weighted by atomic mass is 9.85. The number of hydrogen-bond donors (Lipinski definition) is 3. The molecule has 2 bridgehead atoms. The standard InChI is InChI=1S/C25H27N9O3/c1-12(35)19-6-3-14(9-27-19)18-10-30-34-22(26)20(13(2)36)21(31-24(18)34)15-7-16-4-5-17(8-15)33(16)25(37)23-28-11-29-32-23/h3,6,9-12,15-17,35H,4-5,7-8,26H2,1-2H3,(H,28,29,32)/t12-,15-,16+,17-/m0/s1. The zero-order chi connectivity index (χ0) is 25.8. The Balaban J connectivity index is 1.40. The van der Waals surface area contributed by atoms with E-state index in [4.69, 9.17) is 10.7 Å². The van der Waals surface area contributed by atoms with E-state index in [-0.39, 0.29) is 41.3 Å². The van der Waals surface area contributed by atoms with Gasteiger partial charge in [0.25, 0.3) is 5.91 Å². The van der Waals surface area contributed by atoms with E-state index in [1.165, 1.54) is 17.8 Å². The van der Waals surface area contributed by atoms with Gasteiger partial charge in [0.15, 0.2) is 11.4 Å². The van der Waals surface area contributed by atoms with Crippen LogP contribution in [0.15, 0.2) is 30.9 Å². The molecule has 2 fully saturated rings. The van der Waals surface area contributed by atoms with Crippen LogP contribution in [0.25, 0.3) is 16.8 Å². The van der Waals surface area contributed by atoms with Crippen LogP contribution in [-0.4, -0.2) is 68.5 Å². The Morgan fingerprint density at radius 2 is 1.95 bits per heavy atom. The number of nitrogen functional groups attached to an aromatic ring is 1. The predicted molar refractivity (Wildman–Crippen MR) is 133 cm³/mol. The Morgan fingerprint density at radius 3 is 2.54 bits per heavy atom. The molecule has 6 rings (SSSR count).